The van der Waals surface area contributed by atoms with Crippen LogP contribution in [0.2, 0.25) is 0 Å². The molecule has 1 aromatic rings. The van der Waals surface area contributed by atoms with Crippen LogP contribution in [-0.4, -0.2) is 28.3 Å². The maximum absolute atomic E-state index is 12.1. The second-order valence-electron chi connectivity index (χ2n) is 5.08. The number of carbonyl (C=O) groups excluding carboxylic acids is 1. The minimum absolute atomic E-state index is 0.00919. The van der Waals surface area contributed by atoms with Gasteiger partial charge in [0.2, 0.25) is 5.91 Å². The van der Waals surface area contributed by atoms with Crippen molar-refractivity contribution >= 4 is 5.91 Å². The van der Waals surface area contributed by atoms with Gasteiger partial charge in [-0.1, -0.05) is 6.42 Å². The highest BCUT2D eigenvalue weighted by Gasteiger charge is 2.23. The average molecular weight is 250 g/mol. The molecule has 18 heavy (non-hydrogen) atoms. The highest BCUT2D eigenvalue weighted by atomic mass is 16.2. The summed E-state index contributed by atoms with van der Waals surface area (Å²) in [5.41, 5.74) is 2.06. The number of amides is 1. The maximum Gasteiger partial charge on any atom is 0.237 e. The zero-order chi connectivity index (χ0) is 13.1. The van der Waals surface area contributed by atoms with Crippen LogP contribution in [0.4, 0.5) is 0 Å². The van der Waals surface area contributed by atoms with Crippen molar-refractivity contribution in [2.75, 3.05) is 6.54 Å². The van der Waals surface area contributed by atoms with Gasteiger partial charge in [-0.05, 0) is 33.2 Å². The summed E-state index contributed by atoms with van der Waals surface area (Å²) in [5, 5.41) is 10.6. The van der Waals surface area contributed by atoms with Crippen molar-refractivity contribution in [2.24, 2.45) is 7.05 Å². The van der Waals surface area contributed by atoms with Gasteiger partial charge >= 0.3 is 0 Å². The van der Waals surface area contributed by atoms with Gasteiger partial charge in [0.15, 0.2) is 0 Å². The minimum Gasteiger partial charge on any atom is -0.348 e. The Balaban J connectivity index is 1.96. The molecule has 1 saturated heterocycles. The fraction of sp³-hybridized carbons (Fsp3) is 0.692. The highest BCUT2D eigenvalue weighted by Crippen LogP contribution is 2.16. The number of hydrogen-bond acceptors (Lipinski definition) is 3. The quantitative estimate of drug-likeness (QED) is 0.843. The third-order valence-corrected chi connectivity index (χ3v) is 3.50. The molecule has 1 aromatic heterocycles. The van der Waals surface area contributed by atoms with E-state index in [4.69, 9.17) is 0 Å². The summed E-state index contributed by atoms with van der Waals surface area (Å²) < 4.78 is 1.78. The van der Waals surface area contributed by atoms with Crippen molar-refractivity contribution in [2.45, 2.75) is 45.2 Å². The number of aryl methyl sites for hydroxylation is 2. The molecule has 0 saturated carbocycles. The molecule has 2 heterocycles. The molecule has 1 fully saturated rings. The fourth-order valence-electron chi connectivity index (χ4n) is 2.51. The van der Waals surface area contributed by atoms with E-state index in [1.807, 2.05) is 27.1 Å². The first-order valence-corrected chi connectivity index (χ1v) is 6.62. The van der Waals surface area contributed by atoms with Gasteiger partial charge < -0.3 is 10.6 Å². The summed E-state index contributed by atoms with van der Waals surface area (Å²) >= 11 is 0. The Morgan fingerprint density at radius 1 is 1.61 bits per heavy atom. The van der Waals surface area contributed by atoms with E-state index in [1.165, 1.54) is 6.42 Å². The Kier molecular flexibility index (Phi) is 4.01. The van der Waals surface area contributed by atoms with Crippen molar-refractivity contribution < 1.29 is 4.79 Å². The zero-order valence-electron chi connectivity index (χ0n) is 11.4. The lowest BCUT2D eigenvalue weighted by atomic mass is 10.0. The first-order valence-electron chi connectivity index (χ1n) is 6.62. The fourth-order valence-corrected chi connectivity index (χ4v) is 2.51. The first-order chi connectivity index (χ1) is 8.58. The lowest BCUT2D eigenvalue weighted by molar-refractivity contribution is -0.124. The molecule has 2 rings (SSSR count). The monoisotopic (exact) mass is 250 g/mol. The molecule has 0 aromatic carbocycles. The summed E-state index contributed by atoms with van der Waals surface area (Å²) in [6.07, 6.45) is 5.20. The van der Waals surface area contributed by atoms with Crippen molar-refractivity contribution in [3.05, 3.63) is 17.5 Å². The molecule has 0 spiro atoms. The van der Waals surface area contributed by atoms with Crippen LogP contribution in [0, 0.1) is 6.92 Å². The third-order valence-electron chi connectivity index (χ3n) is 3.50. The molecule has 1 aliphatic rings. The van der Waals surface area contributed by atoms with Gasteiger partial charge in [-0.15, -0.1) is 0 Å². The van der Waals surface area contributed by atoms with E-state index in [0.717, 1.165) is 30.6 Å². The van der Waals surface area contributed by atoms with Crippen LogP contribution in [0.15, 0.2) is 6.20 Å². The molecule has 1 aliphatic heterocycles. The van der Waals surface area contributed by atoms with Crippen LogP contribution in [-0.2, 0) is 11.8 Å². The Labute approximate surface area is 108 Å². The van der Waals surface area contributed by atoms with Crippen molar-refractivity contribution in [1.29, 1.82) is 0 Å². The van der Waals surface area contributed by atoms with E-state index < -0.39 is 0 Å². The summed E-state index contributed by atoms with van der Waals surface area (Å²) in [4.78, 5) is 12.1. The molecule has 0 aliphatic carbocycles. The van der Waals surface area contributed by atoms with Gasteiger partial charge in [0.25, 0.3) is 0 Å². The third kappa shape index (κ3) is 2.90. The maximum atomic E-state index is 12.1. The second-order valence-corrected chi connectivity index (χ2v) is 5.08. The molecule has 2 N–H and O–H groups in total. The predicted octanol–water partition coefficient (Wildman–Crippen LogP) is 1.05. The molecule has 5 nitrogen and oxygen atoms in total. The lowest BCUT2D eigenvalue weighted by Gasteiger charge is -2.24. The van der Waals surface area contributed by atoms with Gasteiger partial charge in [0.1, 0.15) is 0 Å². The van der Waals surface area contributed by atoms with Gasteiger partial charge in [-0.25, -0.2) is 0 Å². The average Bonchev–Trinajstić information content (AvgIpc) is 2.69. The van der Waals surface area contributed by atoms with Crippen LogP contribution >= 0.6 is 0 Å². The summed E-state index contributed by atoms with van der Waals surface area (Å²) in [7, 11) is 1.90. The molecule has 0 bridgehead atoms. The zero-order valence-corrected chi connectivity index (χ0v) is 11.4. The lowest BCUT2D eigenvalue weighted by Crippen LogP contribution is -2.47. The number of aromatic nitrogens is 2. The Bertz CT molecular complexity index is 421. The Hall–Kier alpha value is -1.36. The Morgan fingerprint density at radius 2 is 2.39 bits per heavy atom. The van der Waals surface area contributed by atoms with Gasteiger partial charge in [0, 0.05) is 18.8 Å². The molecule has 0 radical (unpaired) electrons. The van der Waals surface area contributed by atoms with Gasteiger partial charge in [-0.2, -0.15) is 5.10 Å². The standard InChI is InChI=1S/C13H22N4O/c1-9(11-8-17(3)16-10(11)2)15-13(18)12-6-4-5-7-14-12/h8-9,12,14H,4-7H2,1-3H3,(H,15,18)/t9-,12-/m1/s1. The van der Waals surface area contributed by atoms with E-state index in [-0.39, 0.29) is 18.0 Å². The number of hydrogen-bond donors (Lipinski definition) is 2. The van der Waals surface area contributed by atoms with E-state index in [2.05, 4.69) is 15.7 Å². The van der Waals surface area contributed by atoms with Crippen LogP contribution in [0.1, 0.15) is 43.5 Å². The topological polar surface area (TPSA) is 59.0 Å². The second kappa shape index (κ2) is 5.52. The van der Waals surface area contributed by atoms with Crippen molar-refractivity contribution in [3.8, 4) is 0 Å². The smallest absolute Gasteiger partial charge is 0.237 e. The molecule has 0 unspecified atom stereocenters. The van der Waals surface area contributed by atoms with Crippen LogP contribution < -0.4 is 10.6 Å². The van der Waals surface area contributed by atoms with E-state index in [9.17, 15) is 4.79 Å². The normalized spacial score (nSPS) is 21.6. The number of nitrogens with one attached hydrogen (secondary N) is 2. The largest absolute Gasteiger partial charge is 0.348 e. The SMILES string of the molecule is Cc1nn(C)cc1[C@@H](C)NC(=O)[C@H]1CCCCN1. The summed E-state index contributed by atoms with van der Waals surface area (Å²) in [5.74, 6) is 0.102. The first kappa shape index (κ1) is 13.1. The molecule has 5 heteroatoms. The number of rotatable bonds is 3. The number of piperidine rings is 1. The highest BCUT2D eigenvalue weighted by molar-refractivity contribution is 5.82. The molecule has 1 amide bonds. The van der Waals surface area contributed by atoms with E-state index >= 15 is 0 Å². The van der Waals surface area contributed by atoms with Crippen LogP contribution in [0.5, 0.6) is 0 Å². The number of carbonyl (C=O) groups is 1. The van der Waals surface area contributed by atoms with Crippen molar-refractivity contribution in [1.82, 2.24) is 20.4 Å². The molecule has 100 valence electrons. The number of nitrogens with zero attached hydrogens (tertiary/aromatic N) is 2. The van der Waals surface area contributed by atoms with Crippen molar-refractivity contribution in [3.63, 3.8) is 0 Å². The minimum atomic E-state index is -0.0295. The summed E-state index contributed by atoms with van der Waals surface area (Å²) in [6, 6.07) is -0.0203. The van der Waals surface area contributed by atoms with E-state index in [1.54, 1.807) is 4.68 Å². The molecule has 2 atom stereocenters. The van der Waals surface area contributed by atoms with Gasteiger partial charge in [0.05, 0.1) is 17.8 Å². The van der Waals surface area contributed by atoms with Gasteiger partial charge in [-0.3, -0.25) is 9.48 Å². The van der Waals surface area contributed by atoms with E-state index in [0.29, 0.717) is 0 Å². The summed E-state index contributed by atoms with van der Waals surface area (Å²) in [6.45, 7) is 4.92. The van der Waals surface area contributed by atoms with Crippen LogP contribution in [0.3, 0.4) is 0 Å². The van der Waals surface area contributed by atoms with Crippen LogP contribution in [0.25, 0.3) is 0 Å². The molecular weight excluding hydrogens is 228 g/mol. The predicted molar refractivity (Wildman–Crippen MR) is 70.1 cm³/mol. The molecular formula is C13H22N4O. The Morgan fingerprint density at radius 3 is 2.94 bits per heavy atom.